The van der Waals surface area contributed by atoms with Crippen molar-refractivity contribution in [1.82, 2.24) is 19.7 Å². The van der Waals surface area contributed by atoms with E-state index in [4.69, 9.17) is 0 Å². The van der Waals surface area contributed by atoms with E-state index in [1.54, 1.807) is 18.2 Å². The molecule has 0 spiro atoms. The zero-order chi connectivity index (χ0) is 19.5. The van der Waals surface area contributed by atoms with Crippen LogP contribution in [-0.2, 0) is 13.0 Å². The van der Waals surface area contributed by atoms with Crippen molar-refractivity contribution in [2.45, 2.75) is 32.2 Å². The summed E-state index contributed by atoms with van der Waals surface area (Å²) >= 11 is 1.48. The summed E-state index contributed by atoms with van der Waals surface area (Å²) in [7, 11) is 0. The third-order valence-corrected chi connectivity index (χ3v) is 5.92. The third-order valence-electron chi connectivity index (χ3n) is 4.93. The second-order valence-electron chi connectivity index (χ2n) is 6.72. The second kappa shape index (κ2) is 9.42. The number of thioether (sulfide) groups is 1. The van der Waals surface area contributed by atoms with Crippen molar-refractivity contribution < 1.29 is 4.39 Å². The molecule has 1 aromatic carbocycles. The number of rotatable bonds is 4. The lowest BCUT2D eigenvalue weighted by atomic mass is 10.1. The van der Waals surface area contributed by atoms with Gasteiger partial charge in [0.1, 0.15) is 28.3 Å². The van der Waals surface area contributed by atoms with Crippen LogP contribution in [0.2, 0.25) is 0 Å². The SMILES string of the molecule is Br.C=CCN1C(c2ccc(F)cc2)=CS/C1=C(\C#N)c1nnc2n1CCCCC2. The van der Waals surface area contributed by atoms with Gasteiger partial charge in [0, 0.05) is 24.9 Å². The maximum atomic E-state index is 13.3. The topological polar surface area (TPSA) is 57.7 Å². The molecule has 3 heterocycles. The van der Waals surface area contributed by atoms with Gasteiger partial charge in [-0.3, -0.25) is 0 Å². The predicted octanol–water partition coefficient (Wildman–Crippen LogP) is 5.15. The van der Waals surface area contributed by atoms with Crippen molar-refractivity contribution in [3.05, 3.63) is 70.4 Å². The maximum absolute atomic E-state index is 13.3. The maximum Gasteiger partial charge on any atom is 0.177 e. The van der Waals surface area contributed by atoms with Crippen LogP contribution in [0.5, 0.6) is 0 Å². The molecule has 0 fully saturated rings. The van der Waals surface area contributed by atoms with E-state index in [0.717, 1.165) is 54.3 Å². The van der Waals surface area contributed by atoms with Gasteiger partial charge < -0.3 is 9.47 Å². The average Bonchev–Trinajstić information content (AvgIpc) is 3.21. The molecule has 8 heteroatoms. The van der Waals surface area contributed by atoms with E-state index in [-0.39, 0.29) is 22.8 Å². The van der Waals surface area contributed by atoms with Crippen LogP contribution in [0.1, 0.15) is 36.5 Å². The first-order chi connectivity index (χ1) is 13.7. The molecule has 0 radical (unpaired) electrons. The quantitative estimate of drug-likeness (QED) is 0.453. The number of hydrogen-bond acceptors (Lipinski definition) is 5. The van der Waals surface area contributed by atoms with E-state index < -0.39 is 0 Å². The molecule has 0 atom stereocenters. The summed E-state index contributed by atoms with van der Waals surface area (Å²) in [5, 5.41) is 21.5. The number of benzene rings is 1. The molecular formula is C21H21BrFN5S. The van der Waals surface area contributed by atoms with Crippen LogP contribution in [0.4, 0.5) is 4.39 Å². The molecule has 29 heavy (non-hydrogen) atoms. The minimum absolute atomic E-state index is 0. The Morgan fingerprint density at radius 3 is 2.76 bits per heavy atom. The molecule has 5 nitrogen and oxygen atoms in total. The lowest BCUT2D eigenvalue weighted by molar-refractivity contribution is 0.585. The molecule has 0 aliphatic carbocycles. The highest BCUT2D eigenvalue weighted by Gasteiger charge is 2.28. The summed E-state index contributed by atoms with van der Waals surface area (Å²) in [6, 6.07) is 8.73. The molecule has 0 saturated carbocycles. The number of halogens is 2. The van der Waals surface area contributed by atoms with Gasteiger partial charge in [0.25, 0.3) is 0 Å². The van der Waals surface area contributed by atoms with Gasteiger partial charge in [-0.2, -0.15) is 5.26 Å². The fourth-order valence-corrected chi connectivity index (χ4v) is 4.60. The fourth-order valence-electron chi connectivity index (χ4n) is 3.56. The zero-order valence-corrected chi connectivity index (χ0v) is 18.4. The van der Waals surface area contributed by atoms with Gasteiger partial charge in [-0.1, -0.05) is 24.3 Å². The summed E-state index contributed by atoms with van der Waals surface area (Å²) in [5.41, 5.74) is 2.33. The average molecular weight is 474 g/mol. The van der Waals surface area contributed by atoms with Crippen molar-refractivity contribution in [3.63, 3.8) is 0 Å². The van der Waals surface area contributed by atoms with Crippen LogP contribution in [-0.4, -0.2) is 26.2 Å². The van der Waals surface area contributed by atoms with Gasteiger partial charge in [0.05, 0.1) is 5.70 Å². The first-order valence-electron chi connectivity index (χ1n) is 9.31. The molecule has 0 amide bonds. The van der Waals surface area contributed by atoms with E-state index >= 15 is 0 Å². The molecule has 4 rings (SSSR count). The van der Waals surface area contributed by atoms with Gasteiger partial charge >= 0.3 is 0 Å². The number of allylic oxidation sites excluding steroid dienone is 1. The first kappa shape index (κ1) is 21.3. The molecule has 0 N–H and O–H groups in total. The summed E-state index contributed by atoms with van der Waals surface area (Å²) < 4.78 is 15.4. The van der Waals surface area contributed by atoms with Crippen LogP contribution < -0.4 is 0 Å². The van der Waals surface area contributed by atoms with E-state index in [9.17, 15) is 9.65 Å². The Labute approximate surface area is 184 Å². The molecule has 0 unspecified atom stereocenters. The lowest BCUT2D eigenvalue weighted by Crippen LogP contribution is -2.18. The highest BCUT2D eigenvalue weighted by Crippen LogP contribution is 2.43. The van der Waals surface area contributed by atoms with Gasteiger partial charge in [0.2, 0.25) is 0 Å². The number of aromatic nitrogens is 3. The number of nitriles is 1. The zero-order valence-electron chi connectivity index (χ0n) is 15.8. The van der Waals surface area contributed by atoms with Crippen LogP contribution in [0.25, 0.3) is 11.3 Å². The molecule has 1 aromatic heterocycles. The van der Waals surface area contributed by atoms with Crippen molar-refractivity contribution in [2.24, 2.45) is 0 Å². The monoisotopic (exact) mass is 473 g/mol. The van der Waals surface area contributed by atoms with E-state index in [2.05, 4.69) is 27.4 Å². The Bertz CT molecular complexity index is 1000. The number of fused-ring (bicyclic) bond motifs is 1. The molecule has 2 aliphatic rings. The number of aryl methyl sites for hydroxylation is 1. The normalized spacial score (nSPS) is 17.5. The molecule has 2 aliphatic heterocycles. The Morgan fingerprint density at radius 2 is 2.03 bits per heavy atom. The van der Waals surface area contributed by atoms with Crippen LogP contribution in [0.15, 0.2) is 47.4 Å². The first-order valence-corrected chi connectivity index (χ1v) is 10.2. The third kappa shape index (κ3) is 4.16. The lowest BCUT2D eigenvalue weighted by Gasteiger charge is -2.23. The van der Waals surface area contributed by atoms with Crippen molar-refractivity contribution in [1.29, 1.82) is 5.26 Å². The van der Waals surface area contributed by atoms with E-state index in [0.29, 0.717) is 17.9 Å². The van der Waals surface area contributed by atoms with Crippen LogP contribution in [0.3, 0.4) is 0 Å². The summed E-state index contributed by atoms with van der Waals surface area (Å²) in [5.74, 6) is 1.31. The number of nitrogens with zero attached hydrogens (tertiary/aromatic N) is 5. The van der Waals surface area contributed by atoms with Gasteiger partial charge in [-0.15, -0.1) is 33.8 Å². The van der Waals surface area contributed by atoms with Crippen LogP contribution >= 0.6 is 28.7 Å². The second-order valence-corrected chi connectivity index (χ2v) is 7.58. The van der Waals surface area contributed by atoms with E-state index in [1.165, 1.54) is 23.9 Å². The van der Waals surface area contributed by atoms with Crippen molar-refractivity contribution >= 4 is 40.0 Å². The van der Waals surface area contributed by atoms with Gasteiger partial charge in [-0.25, -0.2) is 4.39 Å². The predicted molar refractivity (Wildman–Crippen MR) is 119 cm³/mol. The molecule has 0 bridgehead atoms. The minimum Gasteiger partial charge on any atom is -0.330 e. The summed E-state index contributed by atoms with van der Waals surface area (Å²) in [4.78, 5) is 2.03. The molecule has 0 saturated heterocycles. The molecule has 2 aromatic rings. The van der Waals surface area contributed by atoms with E-state index in [1.807, 2.05) is 10.3 Å². The fraction of sp³-hybridized carbons (Fsp3) is 0.286. The Kier molecular flexibility index (Phi) is 6.93. The number of hydrogen-bond donors (Lipinski definition) is 0. The molecular weight excluding hydrogens is 453 g/mol. The van der Waals surface area contributed by atoms with Crippen LogP contribution in [0, 0.1) is 17.1 Å². The van der Waals surface area contributed by atoms with Crippen molar-refractivity contribution in [2.75, 3.05) is 6.54 Å². The highest BCUT2D eigenvalue weighted by atomic mass is 79.9. The molecule has 150 valence electrons. The van der Waals surface area contributed by atoms with Gasteiger partial charge in [-0.05, 0) is 42.7 Å². The Balaban J connectivity index is 0.00000240. The summed E-state index contributed by atoms with van der Waals surface area (Å²) in [6.07, 6.45) is 6.01. The Hall–Kier alpha value is -2.37. The minimum atomic E-state index is -0.273. The summed E-state index contributed by atoms with van der Waals surface area (Å²) in [6.45, 7) is 5.23. The highest BCUT2D eigenvalue weighted by molar-refractivity contribution is 8.93. The standard InChI is InChI=1S/C21H20FN5S.BrH/c1-2-11-26-18(15-7-9-16(22)10-8-15)14-28-21(26)17(13-23)20-25-24-19-6-4-3-5-12-27(19)20;/h2,7-10,14H,1,3-6,11-12H2;1H/b21-17+;. The van der Waals surface area contributed by atoms with Crippen molar-refractivity contribution in [3.8, 4) is 6.07 Å². The smallest absolute Gasteiger partial charge is 0.177 e. The Morgan fingerprint density at radius 1 is 1.24 bits per heavy atom. The largest absolute Gasteiger partial charge is 0.330 e. The van der Waals surface area contributed by atoms with Gasteiger partial charge in [0.15, 0.2) is 5.82 Å².